The lowest BCUT2D eigenvalue weighted by Crippen LogP contribution is -2.57. The van der Waals surface area contributed by atoms with Gasteiger partial charge in [-0.15, -0.1) is 0 Å². The molecule has 2 aromatic rings. The SMILES string of the molecule is CSCCC(NC(=O)c1ccc(CN(C(C)C)C2(CC3CCCCC3)CCC2)cc1-c1ccccc1C)C(=O)O. The zero-order valence-corrected chi connectivity index (χ0v) is 25.7. The van der Waals surface area contributed by atoms with E-state index in [1.54, 1.807) is 11.8 Å². The summed E-state index contributed by atoms with van der Waals surface area (Å²) >= 11 is 1.58. The van der Waals surface area contributed by atoms with Crippen LogP contribution in [-0.2, 0) is 11.3 Å². The highest BCUT2D eigenvalue weighted by atomic mass is 32.2. The first-order valence-electron chi connectivity index (χ1n) is 15.2. The van der Waals surface area contributed by atoms with E-state index in [0.29, 0.717) is 23.8 Å². The van der Waals surface area contributed by atoms with Gasteiger partial charge < -0.3 is 10.4 Å². The fourth-order valence-corrected chi connectivity index (χ4v) is 7.40. The van der Waals surface area contributed by atoms with Gasteiger partial charge in [-0.1, -0.05) is 62.4 Å². The van der Waals surface area contributed by atoms with Crippen LogP contribution in [0.3, 0.4) is 0 Å². The van der Waals surface area contributed by atoms with E-state index in [1.165, 1.54) is 63.4 Å². The quantitative estimate of drug-likeness (QED) is 0.261. The molecule has 0 aromatic heterocycles. The minimum absolute atomic E-state index is 0.279. The monoisotopic (exact) mass is 564 g/mol. The Morgan fingerprint density at radius 1 is 1.05 bits per heavy atom. The van der Waals surface area contributed by atoms with Gasteiger partial charge in [0.1, 0.15) is 6.04 Å². The molecule has 4 rings (SSSR count). The summed E-state index contributed by atoms with van der Waals surface area (Å²) in [6.07, 6.45) is 14.4. The molecule has 0 heterocycles. The zero-order chi connectivity index (χ0) is 28.7. The second-order valence-electron chi connectivity index (χ2n) is 12.3. The number of amides is 1. The molecule has 2 aliphatic carbocycles. The summed E-state index contributed by atoms with van der Waals surface area (Å²) in [4.78, 5) is 28.1. The Labute approximate surface area is 245 Å². The molecule has 2 aromatic carbocycles. The van der Waals surface area contributed by atoms with Crippen LogP contribution in [0.1, 0.15) is 99.5 Å². The average molecular weight is 565 g/mol. The van der Waals surface area contributed by atoms with Gasteiger partial charge in [0.05, 0.1) is 0 Å². The molecular formula is C34H48N2O3S. The van der Waals surface area contributed by atoms with E-state index in [4.69, 9.17) is 0 Å². The molecule has 0 spiro atoms. The maximum atomic E-state index is 13.5. The van der Waals surface area contributed by atoms with Crippen LogP contribution in [0.2, 0.25) is 0 Å². The Kier molecular flexibility index (Phi) is 10.8. The van der Waals surface area contributed by atoms with E-state index in [-0.39, 0.29) is 11.4 Å². The zero-order valence-electron chi connectivity index (χ0n) is 24.9. The Morgan fingerprint density at radius 3 is 2.38 bits per heavy atom. The van der Waals surface area contributed by atoms with Crippen molar-refractivity contribution < 1.29 is 14.7 Å². The van der Waals surface area contributed by atoms with E-state index in [9.17, 15) is 14.7 Å². The predicted octanol–water partition coefficient (Wildman–Crippen LogP) is 7.70. The second kappa shape index (κ2) is 14.0. The molecule has 0 saturated heterocycles. The number of nitrogens with zero attached hydrogens (tertiary/aromatic N) is 1. The summed E-state index contributed by atoms with van der Waals surface area (Å²) in [5, 5.41) is 12.5. The molecule has 2 aliphatic rings. The van der Waals surface area contributed by atoms with Gasteiger partial charge in [-0.3, -0.25) is 9.69 Å². The number of carboxylic acids is 1. The first-order chi connectivity index (χ1) is 19.2. The van der Waals surface area contributed by atoms with Crippen LogP contribution in [0.4, 0.5) is 0 Å². The summed E-state index contributed by atoms with van der Waals surface area (Å²) in [5.74, 6) is 0.200. The number of rotatable bonds is 13. The molecule has 2 saturated carbocycles. The van der Waals surface area contributed by atoms with Gasteiger partial charge in [0.2, 0.25) is 0 Å². The van der Waals surface area contributed by atoms with Crippen molar-refractivity contribution in [3.63, 3.8) is 0 Å². The van der Waals surface area contributed by atoms with E-state index < -0.39 is 12.0 Å². The van der Waals surface area contributed by atoms with Crippen LogP contribution in [0.15, 0.2) is 42.5 Å². The third-order valence-electron chi connectivity index (χ3n) is 9.24. The topological polar surface area (TPSA) is 69.6 Å². The highest BCUT2D eigenvalue weighted by molar-refractivity contribution is 7.98. The molecule has 0 aliphatic heterocycles. The molecule has 5 nitrogen and oxygen atoms in total. The number of hydrogen-bond donors (Lipinski definition) is 2. The van der Waals surface area contributed by atoms with Crippen LogP contribution < -0.4 is 5.32 Å². The molecule has 2 fully saturated rings. The summed E-state index contributed by atoms with van der Waals surface area (Å²) in [6, 6.07) is 13.8. The molecule has 1 unspecified atom stereocenters. The van der Waals surface area contributed by atoms with Crippen molar-refractivity contribution in [3.05, 3.63) is 59.2 Å². The fraction of sp³-hybridized carbons (Fsp3) is 0.588. The van der Waals surface area contributed by atoms with Crippen LogP contribution in [0.25, 0.3) is 11.1 Å². The number of carboxylic acid groups (broad SMARTS) is 1. The molecule has 0 bridgehead atoms. The van der Waals surface area contributed by atoms with Crippen molar-refractivity contribution in [3.8, 4) is 11.1 Å². The number of hydrogen-bond acceptors (Lipinski definition) is 4. The summed E-state index contributed by atoms with van der Waals surface area (Å²) in [6.45, 7) is 7.57. The molecular weight excluding hydrogens is 516 g/mol. The summed E-state index contributed by atoms with van der Waals surface area (Å²) < 4.78 is 0. The van der Waals surface area contributed by atoms with Crippen LogP contribution in [-0.4, -0.2) is 51.5 Å². The maximum Gasteiger partial charge on any atom is 0.326 e. The van der Waals surface area contributed by atoms with E-state index in [1.807, 2.05) is 24.5 Å². The first-order valence-corrected chi connectivity index (χ1v) is 16.6. The molecule has 6 heteroatoms. The summed E-state index contributed by atoms with van der Waals surface area (Å²) in [5.41, 5.74) is 5.00. The van der Waals surface area contributed by atoms with Gasteiger partial charge in [-0.25, -0.2) is 4.79 Å². The third kappa shape index (κ3) is 7.30. The highest BCUT2D eigenvalue weighted by Gasteiger charge is 2.44. The number of aliphatic carboxylic acids is 1. The number of carbonyl (C=O) groups excluding carboxylic acids is 1. The van der Waals surface area contributed by atoms with Crippen molar-refractivity contribution >= 4 is 23.6 Å². The van der Waals surface area contributed by atoms with Gasteiger partial charge in [0, 0.05) is 23.7 Å². The van der Waals surface area contributed by atoms with Gasteiger partial charge in [-0.05, 0) is 105 Å². The Hall–Kier alpha value is -2.31. The van der Waals surface area contributed by atoms with Crippen LogP contribution in [0.5, 0.6) is 0 Å². The number of thioether (sulfide) groups is 1. The van der Waals surface area contributed by atoms with Crippen LogP contribution >= 0.6 is 11.8 Å². The lowest BCUT2D eigenvalue weighted by atomic mass is 9.67. The normalized spacial score (nSPS) is 17.9. The van der Waals surface area contributed by atoms with Crippen molar-refractivity contribution in [1.82, 2.24) is 10.2 Å². The highest BCUT2D eigenvalue weighted by Crippen LogP contribution is 2.47. The Morgan fingerprint density at radius 2 is 1.77 bits per heavy atom. The van der Waals surface area contributed by atoms with Crippen molar-refractivity contribution in [1.29, 1.82) is 0 Å². The second-order valence-corrected chi connectivity index (χ2v) is 13.3. The van der Waals surface area contributed by atoms with Gasteiger partial charge >= 0.3 is 5.97 Å². The first kappa shape index (κ1) is 30.6. The smallest absolute Gasteiger partial charge is 0.326 e. The molecule has 0 radical (unpaired) electrons. The third-order valence-corrected chi connectivity index (χ3v) is 9.89. The minimum Gasteiger partial charge on any atom is -0.480 e. The molecule has 40 heavy (non-hydrogen) atoms. The molecule has 1 atom stereocenters. The number of carbonyl (C=O) groups is 2. The lowest BCUT2D eigenvalue weighted by molar-refractivity contribution is -0.139. The summed E-state index contributed by atoms with van der Waals surface area (Å²) in [7, 11) is 0. The number of aryl methyl sites for hydroxylation is 1. The minimum atomic E-state index is -0.993. The van der Waals surface area contributed by atoms with E-state index in [2.05, 4.69) is 55.3 Å². The number of nitrogens with one attached hydrogen (secondary N) is 1. The van der Waals surface area contributed by atoms with Crippen molar-refractivity contribution in [2.75, 3.05) is 12.0 Å². The van der Waals surface area contributed by atoms with E-state index >= 15 is 0 Å². The maximum absolute atomic E-state index is 13.5. The fourth-order valence-electron chi connectivity index (χ4n) is 6.93. The lowest BCUT2D eigenvalue weighted by Gasteiger charge is -2.54. The molecule has 218 valence electrons. The van der Waals surface area contributed by atoms with Crippen molar-refractivity contribution in [2.24, 2.45) is 5.92 Å². The molecule has 1 amide bonds. The average Bonchev–Trinajstić information content (AvgIpc) is 2.92. The Balaban J connectivity index is 1.64. The predicted molar refractivity (Wildman–Crippen MR) is 167 cm³/mol. The van der Waals surface area contributed by atoms with Gasteiger partial charge in [0.25, 0.3) is 5.91 Å². The number of benzene rings is 2. The standard InChI is InChI=1S/C34H48N2O3S/c1-24(2)36(34(18-10-19-34)22-26-12-6-5-7-13-26)23-27-15-16-29(30(21-27)28-14-9-8-11-25(28)3)32(37)35-31(33(38)39)17-20-40-4/h8-9,11,14-16,21,24,26,31H,5-7,10,12-13,17-20,22-23H2,1-4H3,(H,35,37)(H,38,39). The van der Waals surface area contributed by atoms with Gasteiger partial charge in [0.15, 0.2) is 0 Å². The largest absolute Gasteiger partial charge is 0.480 e. The molecule has 2 N–H and O–H groups in total. The van der Waals surface area contributed by atoms with Crippen molar-refractivity contribution in [2.45, 2.75) is 109 Å². The van der Waals surface area contributed by atoms with E-state index in [0.717, 1.165) is 29.2 Å². The Bertz CT molecular complexity index is 1150. The van der Waals surface area contributed by atoms with Gasteiger partial charge in [-0.2, -0.15) is 11.8 Å². The van der Waals surface area contributed by atoms with Crippen LogP contribution in [0, 0.1) is 12.8 Å².